The molecule has 21 heavy (non-hydrogen) atoms. The summed E-state index contributed by atoms with van der Waals surface area (Å²) in [5.74, 6) is 0.724. The number of amides is 1. The van der Waals surface area contributed by atoms with Crippen molar-refractivity contribution in [1.29, 1.82) is 0 Å². The van der Waals surface area contributed by atoms with E-state index in [-0.39, 0.29) is 24.6 Å². The Hall–Kier alpha value is -1.59. The van der Waals surface area contributed by atoms with Crippen molar-refractivity contribution in [3.63, 3.8) is 0 Å². The van der Waals surface area contributed by atoms with Crippen LogP contribution in [0.1, 0.15) is 48.5 Å². The fourth-order valence-corrected chi connectivity index (χ4v) is 2.70. The summed E-state index contributed by atoms with van der Waals surface area (Å²) in [5.41, 5.74) is 9.37. The molecule has 1 aliphatic rings. The SMILES string of the molecule is CCC(N)c1cc(C)cc2c1OCCC2NC(=O)COC. The Morgan fingerprint density at radius 3 is 3.00 bits per heavy atom. The van der Waals surface area contributed by atoms with Crippen molar-refractivity contribution in [3.8, 4) is 5.75 Å². The van der Waals surface area contributed by atoms with E-state index in [1.165, 1.54) is 7.11 Å². The van der Waals surface area contributed by atoms with Crippen LogP contribution in [-0.4, -0.2) is 26.2 Å². The molecule has 0 saturated carbocycles. The number of ether oxygens (including phenoxy) is 2. The van der Waals surface area contributed by atoms with Gasteiger partial charge in [-0.3, -0.25) is 4.79 Å². The molecule has 5 heteroatoms. The van der Waals surface area contributed by atoms with Gasteiger partial charge in [-0.25, -0.2) is 0 Å². The van der Waals surface area contributed by atoms with Gasteiger partial charge in [0.05, 0.1) is 12.6 Å². The van der Waals surface area contributed by atoms with Gasteiger partial charge in [0.25, 0.3) is 0 Å². The summed E-state index contributed by atoms with van der Waals surface area (Å²) >= 11 is 0. The van der Waals surface area contributed by atoms with Gasteiger partial charge in [-0.15, -0.1) is 0 Å². The lowest BCUT2D eigenvalue weighted by Gasteiger charge is -2.30. The second kappa shape index (κ2) is 6.91. The Labute approximate surface area is 125 Å². The van der Waals surface area contributed by atoms with Gasteiger partial charge in [0.15, 0.2) is 0 Å². The number of aryl methyl sites for hydroxylation is 1. The van der Waals surface area contributed by atoms with E-state index in [1.54, 1.807) is 0 Å². The second-order valence-electron chi connectivity index (χ2n) is 5.48. The number of methoxy groups -OCH3 is 1. The van der Waals surface area contributed by atoms with Crippen molar-refractivity contribution < 1.29 is 14.3 Å². The predicted molar refractivity (Wildman–Crippen MR) is 81.3 cm³/mol. The summed E-state index contributed by atoms with van der Waals surface area (Å²) in [6.07, 6.45) is 1.60. The molecular weight excluding hydrogens is 268 g/mol. The zero-order valence-corrected chi connectivity index (χ0v) is 12.9. The molecule has 1 heterocycles. The standard InChI is InChI=1S/C16H24N2O3/c1-4-13(17)11-7-10(2)8-12-14(5-6-21-16(11)12)18-15(19)9-20-3/h7-8,13-14H,4-6,9,17H2,1-3H3,(H,18,19). The summed E-state index contributed by atoms with van der Waals surface area (Å²) in [5, 5.41) is 3.00. The molecule has 1 aliphatic heterocycles. The number of benzene rings is 1. The molecule has 2 atom stereocenters. The average Bonchev–Trinajstić information content (AvgIpc) is 2.46. The lowest BCUT2D eigenvalue weighted by Crippen LogP contribution is -2.34. The number of rotatable bonds is 5. The molecule has 116 valence electrons. The summed E-state index contributed by atoms with van der Waals surface area (Å²) in [6.45, 7) is 4.74. The van der Waals surface area contributed by atoms with Crippen molar-refractivity contribution in [1.82, 2.24) is 5.32 Å². The van der Waals surface area contributed by atoms with Crippen LogP contribution in [0.4, 0.5) is 0 Å². The zero-order chi connectivity index (χ0) is 15.4. The van der Waals surface area contributed by atoms with Crippen LogP contribution < -0.4 is 15.8 Å². The zero-order valence-electron chi connectivity index (χ0n) is 12.9. The molecule has 0 saturated heterocycles. The third kappa shape index (κ3) is 3.54. The van der Waals surface area contributed by atoms with Crippen molar-refractivity contribution in [2.24, 2.45) is 5.73 Å². The van der Waals surface area contributed by atoms with E-state index in [0.717, 1.165) is 35.3 Å². The minimum absolute atomic E-state index is 0.0425. The molecule has 0 bridgehead atoms. The minimum Gasteiger partial charge on any atom is -0.493 e. The summed E-state index contributed by atoms with van der Waals surface area (Å²) in [7, 11) is 1.51. The first-order chi connectivity index (χ1) is 10.1. The van der Waals surface area contributed by atoms with Crippen LogP contribution in [0, 0.1) is 6.92 Å². The number of carbonyl (C=O) groups is 1. The quantitative estimate of drug-likeness (QED) is 0.870. The Balaban J connectivity index is 2.33. The third-order valence-electron chi connectivity index (χ3n) is 3.77. The average molecular weight is 292 g/mol. The Bertz CT molecular complexity index is 516. The van der Waals surface area contributed by atoms with E-state index in [0.29, 0.717) is 6.61 Å². The highest BCUT2D eigenvalue weighted by atomic mass is 16.5. The number of hydrogen-bond donors (Lipinski definition) is 2. The van der Waals surface area contributed by atoms with Gasteiger partial charge in [-0.1, -0.05) is 24.6 Å². The number of carbonyl (C=O) groups excluding carboxylic acids is 1. The largest absolute Gasteiger partial charge is 0.493 e. The molecule has 1 aromatic rings. The number of fused-ring (bicyclic) bond motifs is 1. The molecule has 5 nitrogen and oxygen atoms in total. The smallest absolute Gasteiger partial charge is 0.246 e. The monoisotopic (exact) mass is 292 g/mol. The molecule has 2 rings (SSSR count). The van der Waals surface area contributed by atoms with Gasteiger partial charge >= 0.3 is 0 Å². The molecule has 1 aromatic carbocycles. The molecule has 0 radical (unpaired) electrons. The molecule has 3 N–H and O–H groups in total. The summed E-state index contributed by atoms with van der Waals surface area (Å²) < 4.78 is 10.7. The van der Waals surface area contributed by atoms with Crippen LogP contribution in [0.15, 0.2) is 12.1 Å². The molecule has 0 spiro atoms. The molecule has 0 aromatic heterocycles. The van der Waals surface area contributed by atoms with Crippen LogP contribution >= 0.6 is 0 Å². The van der Waals surface area contributed by atoms with E-state index in [1.807, 2.05) is 6.92 Å². The van der Waals surface area contributed by atoms with Crippen LogP contribution in [0.5, 0.6) is 5.75 Å². The Kier molecular flexibility index (Phi) is 5.20. The van der Waals surface area contributed by atoms with Crippen molar-refractivity contribution >= 4 is 5.91 Å². The maximum atomic E-state index is 11.8. The maximum absolute atomic E-state index is 11.8. The molecule has 0 aliphatic carbocycles. The first kappa shape index (κ1) is 15.8. The highest BCUT2D eigenvalue weighted by Gasteiger charge is 2.27. The molecule has 0 fully saturated rings. The van der Waals surface area contributed by atoms with Gasteiger partial charge in [-0.05, 0) is 13.3 Å². The van der Waals surface area contributed by atoms with Gasteiger partial charge in [0.2, 0.25) is 5.91 Å². The van der Waals surface area contributed by atoms with E-state index < -0.39 is 0 Å². The van der Waals surface area contributed by atoms with Crippen molar-refractivity contribution in [3.05, 3.63) is 28.8 Å². The van der Waals surface area contributed by atoms with Gasteiger partial charge < -0.3 is 20.5 Å². The lowest BCUT2D eigenvalue weighted by molar-refractivity contribution is -0.125. The molecular formula is C16H24N2O3. The fourth-order valence-electron chi connectivity index (χ4n) is 2.70. The van der Waals surface area contributed by atoms with Crippen LogP contribution in [0.3, 0.4) is 0 Å². The molecule has 2 unspecified atom stereocenters. The van der Waals surface area contributed by atoms with Crippen LogP contribution in [0.2, 0.25) is 0 Å². The van der Waals surface area contributed by atoms with Crippen molar-refractivity contribution in [2.45, 2.75) is 38.8 Å². The molecule has 1 amide bonds. The maximum Gasteiger partial charge on any atom is 0.246 e. The number of nitrogens with two attached hydrogens (primary N) is 1. The second-order valence-corrected chi connectivity index (χ2v) is 5.48. The summed E-state index contributed by atoms with van der Waals surface area (Å²) in [4.78, 5) is 11.8. The van der Waals surface area contributed by atoms with E-state index >= 15 is 0 Å². The fraction of sp³-hybridized carbons (Fsp3) is 0.562. The van der Waals surface area contributed by atoms with Gasteiger partial charge in [-0.2, -0.15) is 0 Å². The summed E-state index contributed by atoms with van der Waals surface area (Å²) in [6, 6.07) is 4.05. The highest BCUT2D eigenvalue weighted by Crippen LogP contribution is 2.38. The van der Waals surface area contributed by atoms with Gasteiger partial charge in [0, 0.05) is 30.7 Å². The van der Waals surface area contributed by atoms with Gasteiger partial charge in [0.1, 0.15) is 12.4 Å². The number of hydrogen-bond acceptors (Lipinski definition) is 4. The third-order valence-corrected chi connectivity index (χ3v) is 3.77. The van der Waals surface area contributed by atoms with Crippen molar-refractivity contribution in [2.75, 3.05) is 20.3 Å². The predicted octanol–water partition coefficient (Wildman–Crippen LogP) is 1.99. The minimum atomic E-state index is -0.113. The first-order valence-electron chi connectivity index (χ1n) is 7.38. The normalized spacial score (nSPS) is 18.6. The van der Waals surface area contributed by atoms with E-state index in [4.69, 9.17) is 15.2 Å². The highest BCUT2D eigenvalue weighted by molar-refractivity contribution is 5.78. The van der Waals surface area contributed by atoms with E-state index in [2.05, 4.69) is 24.4 Å². The lowest BCUT2D eigenvalue weighted by atomic mass is 9.92. The van der Waals surface area contributed by atoms with E-state index in [9.17, 15) is 4.79 Å². The Morgan fingerprint density at radius 1 is 1.57 bits per heavy atom. The topological polar surface area (TPSA) is 73.6 Å². The Morgan fingerprint density at radius 2 is 2.33 bits per heavy atom. The van der Waals surface area contributed by atoms with Crippen LogP contribution in [0.25, 0.3) is 0 Å². The van der Waals surface area contributed by atoms with Crippen LogP contribution in [-0.2, 0) is 9.53 Å². The first-order valence-corrected chi connectivity index (χ1v) is 7.38. The number of nitrogens with one attached hydrogen (secondary N) is 1.